The highest BCUT2D eigenvalue weighted by Crippen LogP contribution is 2.12. The minimum Gasteiger partial charge on any atom is -0.296 e. The molecule has 0 saturated carbocycles. The predicted molar refractivity (Wildman–Crippen MR) is 68.8 cm³/mol. The highest BCUT2D eigenvalue weighted by Gasteiger charge is 2.16. The topological polar surface area (TPSA) is 35.6 Å². The fraction of sp³-hybridized carbons (Fsp3) is 0.462. The Morgan fingerprint density at radius 1 is 1.18 bits per heavy atom. The Kier molecular flexibility index (Phi) is 3.98. The average Bonchev–Trinajstić information content (AvgIpc) is 2.40. The molecular formula is C13H19N3O. The summed E-state index contributed by atoms with van der Waals surface area (Å²) in [5.74, 6) is 0. The molecule has 0 spiro atoms. The van der Waals surface area contributed by atoms with Gasteiger partial charge in [-0.25, -0.2) is 9.80 Å². The SMILES string of the molecule is CN(C(=O)NN1CCCCC1)c1ccccc1. The number of hydrazine groups is 1. The molecule has 4 heteroatoms. The second kappa shape index (κ2) is 5.68. The van der Waals surface area contributed by atoms with Gasteiger partial charge in [0.15, 0.2) is 0 Å². The van der Waals surface area contributed by atoms with Gasteiger partial charge in [0.25, 0.3) is 0 Å². The molecule has 1 saturated heterocycles. The van der Waals surface area contributed by atoms with Crippen LogP contribution in [-0.2, 0) is 0 Å². The molecule has 1 N–H and O–H groups in total. The van der Waals surface area contributed by atoms with Gasteiger partial charge in [0.05, 0.1) is 0 Å². The normalized spacial score (nSPS) is 16.5. The summed E-state index contributed by atoms with van der Waals surface area (Å²) in [6.45, 7) is 1.91. The van der Waals surface area contributed by atoms with Crippen LogP contribution in [0.1, 0.15) is 19.3 Å². The van der Waals surface area contributed by atoms with E-state index >= 15 is 0 Å². The molecule has 0 radical (unpaired) electrons. The first kappa shape index (κ1) is 11.9. The number of piperidine rings is 1. The van der Waals surface area contributed by atoms with Crippen molar-refractivity contribution < 1.29 is 4.79 Å². The summed E-state index contributed by atoms with van der Waals surface area (Å²) in [5.41, 5.74) is 3.84. The minimum absolute atomic E-state index is 0.0712. The maximum atomic E-state index is 12.0. The maximum absolute atomic E-state index is 12.0. The molecule has 1 fully saturated rings. The van der Waals surface area contributed by atoms with E-state index in [1.807, 2.05) is 35.3 Å². The van der Waals surface area contributed by atoms with E-state index in [1.54, 1.807) is 11.9 Å². The zero-order valence-electron chi connectivity index (χ0n) is 10.2. The van der Waals surface area contributed by atoms with E-state index in [0.717, 1.165) is 31.6 Å². The second-order valence-electron chi connectivity index (χ2n) is 4.36. The molecule has 0 atom stereocenters. The molecule has 2 amide bonds. The first-order chi connectivity index (χ1) is 8.27. The lowest BCUT2D eigenvalue weighted by Crippen LogP contribution is -2.49. The van der Waals surface area contributed by atoms with Gasteiger partial charge in [-0.2, -0.15) is 0 Å². The quantitative estimate of drug-likeness (QED) is 0.850. The van der Waals surface area contributed by atoms with Crippen LogP contribution in [0.2, 0.25) is 0 Å². The van der Waals surface area contributed by atoms with E-state index in [0.29, 0.717) is 0 Å². The van der Waals surface area contributed by atoms with Crippen LogP contribution in [0.4, 0.5) is 10.5 Å². The average molecular weight is 233 g/mol. The van der Waals surface area contributed by atoms with Gasteiger partial charge in [0.1, 0.15) is 0 Å². The van der Waals surface area contributed by atoms with Crippen LogP contribution in [-0.4, -0.2) is 31.2 Å². The number of anilines is 1. The van der Waals surface area contributed by atoms with Crippen molar-refractivity contribution in [2.75, 3.05) is 25.0 Å². The van der Waals surface area contributed by atoms with Gasteiger partial charge in [-0.05, 0) is 25.0 Å². The van der Waals surface area contributed by atoms with Crippen molar-refractivity contribution in [1.29, 1.82) is 0 Å². The molecule has 1 aliphatic heterocycles. The third-order valence-electron chi connectivity index (χ3n) is 3.06. The summed E-state index contributed by atoms with van der Waals surface area (Å²) in [5, 5.41) is 2.01. The van der Waals surface area contributed by atoms with Gasteiger partial charge in [-0.1, -0.05) is 24.6 Å². The van der Waals surface area contributed by atoms with Gasteiger partial charge >= 0.3 is 6.03 Å². The first-order valence-corrected chi connectivity index (χ1v) is 6.12. The Morgan fingerprint density at radius 2 is 1.82 bits per heavy atom. The van der Waals surface area contributed by atoms with Gasteiger partial charge in [-0.15, -0.1) is 0 Å². The van der Waals surface area contributed by atoms with Crippen LogP contribution < -0.4 is 10.3 Å². The van der Waals surface area contributed by atoms with Gasteiger partial charge < -0.3 is 0 Å². The highest BCUT2D eigenvalue weighted by atomic mass is 16.2. The fourth-order valence-corrected chi connectivity index (χ4v) is 1.98. The molecule has 1 aromatic rings. The Balaban J connectivity index is 1.91. The predicted octanol–water partition coefficient (Wildman–Crippen LogP) is 2.23. The lowest BCUT2D eigenvalue weighted by atomic mass is 10.2. The second-order valence-corrected chi connectivity index (χ2v) is 4.36. The standard InChI is InChI=1S/C13H19N3O/c1-15(12-8-4-2-5-9-12)13(17)14-16-10-6-3-7-11-16/h2,4-5,8-9H,3,6-7,10-11H2,1H3,(H,14,17). The number of nitrogens with one attached hydrogen (secondary N) is 1. The number of urea groups is 1. The molecule has 2 rings (SSSR count). The number of nitrogens with zero attached hydrogens (tertiary/aromatic N) is 2. The Morgan fingerprint density at radius 3 is 2.47 bits per heavy atom. The molecule has 0 aromatic heterocycles. The van der Waals surface area contributed by atoms with E-state index in [-0.39, 0.29) is 6.03 Å². The summed E-state index contributed by atoms with van der Waals surface area (Å²) < 4.78 is 0. The molecular weight excluding hydrogens is 214 g/mol. The summed E-state index contributed by atoms with van der Waals surface area (Å²) >= 11 is 0. The molecule has 4 nitrogen and oxygen atoms in total. The van der Waals surface area contributed by atoms with Crippen molar-refractivity contribution in [2.24, 2.45) is 0 Å². The van der Waals surface area contributed by atoms with Crippen LogP contribution in [0.3, 0.4) is 0 Å². The molecule has 0 unspecified atom stereocenters. The zero-order chi connectivity index (χ0) is 12.1. The number of carbonyl (C=O) groups excluding carboxylic acids is 1. The van der Waals surface area contributed by atoms with Crippen LogP contribution in [0.5, 0.6) is 0 Å². The van der Waals surface area contributed by atoms with Crippen LogP contribution in [0.25, 0.3) is 0 Å². The lowest BCUT2D eigenvalue weighted by molar-refractivity contribution is 0.159. The van der Waals surface area contributed by atoms with Gasteiger partial charge in [0.2, 0.25) is 0 Å². The number of benzene rings is 1. The Bertz CT molecular complexity index is 360. The van der Waals surface area contributed by atoms with Crippen LogP contribution >= 0.6 is 0 Å². The molecule has 17 heavy (non-hydrogen) atoms. The maximum Gasteiger partial charge on any atom is 0.336 e. The number of amides is 2. The molecule has 1 aromatic carbocycles. The Hall–Kier alpha value is -1.55. The van der Waals surface area contributed by atoms with E-state index in [1.165, 1.54) is 6.42 Å². The largest absolute Gasteiger partial charge is 0.336 e. The fourth-order valence-electron chi connectivity index (χ4n) is 1.98. The van der Waals surface area contributed by atoms with Crippen molar-refractivity contribution in [3.05, 3.63) is 30.3 Å². The van der Waals surface area contributed by atoms with Crippen molar-refractivity contribution in [1.82, 2.24) is 10.4 Å². The third kappa shape index (κ3) is 3.20. The summed E-state index contributed by atoms with van der Waals surface area (Å²) in [7, 11) is 1.79. The van der Waals surface area contributed by atoms with E-state index in [4.69, 9.17) is 0 Å². The number of hydrogen-bond donors (Lipinski definition) is 1. The zero-order valence-corrected chi connectivity index (χ0v) is 10.2. The summed E-state index contributed by atoms with van der Waals surface area (Å²) in [6, 6.07) is 9.59. The Labute approximate surface area is 102 Å². The van der Waals surface area contributed by atoms with E-state index < -0.39 is 0 Å². The van der Waals surface area contributed by atoms with Gasteiger partial charge in [-0.3, -0.25) is 10.3 Å². The summed E-state index contributed by atoms with van der Waals surface area (Å²) in [4.78, 5) is 13.6. The lowest BCUT2D eigenvalue weighted by Gasteiger charge is -2.29. The molecule has 0 aliphatic carbocycles. The first-order valence-electron chi connectivity index (χ1n) is 6.12. The molecule has 92 valence electrons. The number of carbonyl (C=O) groups is 1. The van der Waals surface area contributed by atoms with Crippen molar-refractivity contribution >= 4 is 11.7 Å². The molecule has 1 heterocycles. The van der Waals surface area contributed by atoms with E-state index in [2.05, 4.69) is 5.43 Å². The minimum atomic E-state index is -0.0712. The molecule has 1 aliphatic rings. The number of para-hydroxylation sites is 1. The number of hydrogen-bond acceptors (Lipinski definition) is 2. The summed E-state index contributed by atoms with van der Waals surface area (Å²) in [6.07, 6.45) is 3.59. The third-order valence-corrected chi connectivity index (χ3v) is 3.06. The van der Waals surface area contributed by atoms with Crippen LogP contribution in [0, 0.1) is 0 Å². The van der Waals surface area contributed by atoms with Crippen molar-refractivity contribution in [2.45, 2.75) is 19.3 Å². The molecule has 0 bridgehead atoms. The van der Waals surface area contributed by atoms with Crippen LogP contribution in [0.15, 0.2) is 30.3 Å². The highest BCUT2D eigenvalue weighted by molar-refractivity contribution is 5.90. The number of rotatable bonds is 2. The smallest absolute Gasteiger partial charge is 0.296 e. The van der Waals surface area contributed by atoms with Crippen molar-refractivity contribution in [3.8, 4) is 0 Å². The van der Waals surface area contributed by atoms with E-state index in [9.17, 15) is 4.79 Å². The monoisotopic (exact) mass is 233 g/mol. The van der Waals surface area contributed by atoms with Crippen molar-refractivity contribution in [3.63, 3.8) is 0 Å². The van der Waals surface area contributed by atoms with Gasteiger partial charge in [0, 0.05) is 25.8 Å².